The lowest BCUT2D eigenvalue weighted by Crippen LogP contribution is -2.31. The van der Waals surface area contributed by atoms with Gasteiger partial charge in [-0.15, -0.1) is 0 Å². The first-order valence-corrected chi connectivity index (χ1v) is 7.54. The molecule has 0 amide bonds. The first-order valence-electron chi connectivity index (χ1n) is 6.10. The van der Waals surface area contributed by atoms with E-state index in [0.717, 1.165) is 5.56 Å². The summed E-state index contributed by atoms with van der Waals surface area (Å²) in [6, 6.07) is 12.6. The fraction of sp³-hybridized carbons (Fsp3) is 0.133. The normalized spacial score (nSPS) is 15.2. The third kappa shape index (κ3) is 1.49. The number of anilines is 1. The van der Waals surface area contributed by atoms with E-state index in [-0.39, 0.29) is 0 Å². The molecule has 0 atom stereocenters. The highest BCUT2D eigenvalue weighted by Gasteiger charge is 2.33. The standard InChI is InChI=1S/C15H12N2O2S/c1-10-11(9-16)7-8-13-12-5-3-4-6-14(12)20(18,19)17(2)15(10)13/h3-8H,1-2H3. The number of nitriles is 1. The summed E-state index contributed by atoms with van der Waals surface area (Å²) in [5, 5.41) is 9.11. The molecule has 100 valence electrons. The Labute approximate surface area is 117 Å². The molecule has 0 aliphatic carbocycles. The van der Waals surface area contributed by atoms with Crippen LogP contribution < -0.4 is 4.31 Å². The van der Waals surface area contributed by atoms with Gasteiger partial charge in [-0.2, -0.15) is 5.26 Å². The van der Waals surface area contributed by atoms with Crippen LogP contribution in [0.3, 0.4) is 0 Å². The number of fused-ring (bicyclic) bond motifs is 3. The van der Waals surface area contributed by atoms with Gasteiger partial charge < -0.3 is 0 Å². The van der Waals surface area contributed by atoms with Crippen LogP contribution in [0.1, 0.15) is 11.1 Å². The van der Waals surface area contributed by atoms with Crippen LogP contribution in [0, 0.1) is 18.3 Å². The van der Waals surface area contributed by atoms with Crippen LogP contribution in [0.4, 0.5) is 5.69 Å². The Balaban J connectivity index is 2.48. The number of sulfonamides is 1. The summed E-state index contributed by atoms with van der Waals surface area (Å²) >= 11 is 0. The summed E-state index contributed by atoms with van der Waals surface area (Å²) in [4.78, 5) is 0.305. The largest absolute Gasteiger partial charge is 0.268 e. The molecule has 0 saturated heterocycles. The maximum absolute atomic E-state index is 12.6. The van der Waals surface area contributed by atoms with Crippen molar-refractivity contribution in [1.82, 2.24) is 0 Å². The molecule has 0 unspecified atom stereocenters. The van der Waals surface area contributed by atoms with Crippen LogP contribution in [0.2, 0.25) is 0 Å². The molecule has 0 spiro atoms. The van der Waals surface area contributed by atoms with Crippen molar-refractivity contribution in [2.75, 3.05) is 11.4 Å². The second kappa shape index (κ2) is 4.09. The van der Waals surface area contributed by atoms with Crippen molar-refractivity contribution < 1.29 is 8.42 Å². The van der Waals surface area contributed by atoms with Crippen molar-refractivity contribution in [2.45, 2.75) is 11.8 Å². The Bertz CT molecular complexity index is 864. The first-order chi connectivity index (χ1) is 9.48. The van der Waals surface area contributed by atoms with Crippen LogP contribution in [0.15, 0.2) is 41.3 Å². The van der Waals surface area contributed by atoms with Gasteiger partial charge in [-0.1, -0.05) is 24.3 Å². The van der Waals surface area contributed by atoms with Gasteiger partial charge in [0.05, 0.1) is 22.2 Å². The Hall–Kier alpha value is -2.32. The van der Waals surface area contributed by atoms with Crippen molar-refractivity contribution in [2.24, 2.45) is 0 Å². The lowest BCUT2D eigenvalue weighted by Gasteiger charge is -2.30. The Morgan fingerprint density at radius 1 is 1.10 bits per heavy atom. The third-order valence-corrected chi connectivity index (χ3v) is 5.50. The number of nitrogens with zero attached hydrogens (tertiary/aromatic N) is 2. The molecule has 3 rings (SSSR count). The second-order valence-corrected chi connectivity index (χ2v) is 6.65. The SMILES string of the molecule is Cc1c(C#N)ccc2c1N(C)S(=O)(=O)c1ccccc1-2. The number of hydrogen-bond acceptors (Lipinski definition) is 3. The second-order valence-electron chi connectivity index (χ2n) is 4.71. The van der Waals surface area contributed by atoms with E-state index in [4.69, 9.17) is 5.26 Å². The number of benzene rings is 2. The molecular formula is C15H12N2O2S. The van der Waals surface area contributed by atoms with Gasteiger partial charge in [0.15, 0.2) is 0 Å². The minimum absolute atomic E-state index is 0.305. The molecular weight excluding hydrogens is 272 g/mol. The van der Waals surface area contributed by atoms with Crippen molar-refractivity contribution in [3.63, 3.8) is 0 Å². The van der Waals surface area contributed by atoms with E-state index < -0.39 is 10.0 Å². The zero-order chi connectivity index (χ0) is 14.5. The zero-order valence-electron chi connectivity index (χ0n) is 11.1. The molecule has 0 radical (unpaired) electrons. The fourth-order valence-corrected chi connectivity index (χ4v) is 4.10. The molecule has 1 aliphatic heterocycles. The highest BCUT2D eigenvalue weighted by atomic mass is 32.2. The lowest BCUT2D eigenvalue weighted by atomic mass is 9.97. The average Bonchev–Trinajstić information content (AvgIpc) is 2.45. The maximum Gasteiger partial charge on any atom is 0.264 e. The van der Waals surface area contributed by atoms with Crippen LogP contribution in [-0.2, 0) is 10.0 Å². The number of rotatable bonds is 0. The van der Waals surface area contributed by atoms with Gasteiger partial charge in [0, 0.05) is 18.2 Å². The minimum atomic E-state index is -3.56. The predicted molar refractivity (Wildman–Crippen MR) is 76.9 cm³/mol. The molecule has 0 bridgehead atoms. The summed E-state index contributed by atoms with van der Waals surface area (Å²) in [5.74, 6) is 0. The van der Waals surface area contributed by atoms with E-state index in [1.54, 1.807) is 31.2 Å². The molecule has 1 heterocycles. The Morgan fingerprint density at radius 3 is 2.50 bits per heavy atom. The van der Waals surface area contributed by atoms with E-state index in [1.807, 2.05) is 12.1 Å². The number of hydrogen-bond donors (Lipinski definition) is 0. The lowest BCUT2D eigenvalue weighted by molar-refractivity contribution is 0.594. The predicted octanol–water partition coefficient (Wildman–Crippen LogP) is 2.67. The molecule has 5 heteroatoms. The molecule has 0 fully saturated rings. The molecule has 20 heavy (non-hydrogen) atoms. The highest BCUT2D eigenvalue weighted by Crippen LogP contribution is 2.44. The summed E-state index contributed by atoms with van der Waals surface area (Å²) in [5.41, 5.74) is 3.29. The van der Waals surface area contributed by atoms with Gasteiger partial charge in [0.1, 0.15) is 0 Å². The van der Waals surface area contributed by atoms with Crippen molar-refractivity contribution in [3.05, 3.63) is 47.5 Å². The zero-order valence-corrected chi connectivity index (χ0v) is 11.9. The van der Waals surface area contributed by atoms with Gasteiger partial charge in [-0.3, -0.25) is 4.31 Å². The van der Waals surface area contributed by atoms with Crippen molar-refractivity contribution >= 4 is 15.7 Å². The van der Waals surface area contributed by atoms with Crippen LogP contribution in [0.25, 0.3) is 11.1 Å². The smallest absolute Gasteiger partial charge is 0.264 e. The molecule has 0 aromatic heterocycles. The van der Waals surface area contributed by atoms with Crippen LogP contribution in [-0.4, -0.2) is 15.5 Å². The third-order valence-electron chi connectivity index (χ3n) is 3.68. The van der Waals surface area contributed by atoms with E-state index in [9.17, 15) is 8.42 Å². The molecule has 1 aliphatic rings. The Kier molecular flexibility index (Phi) is 2.59. The van der Waals surface area contributed by atoms with Gasteiger partial charge in [0.25, 0.3) is 10.0 Å². The fourth-order valence-electron chi connectivity index (χ4n) is 2.63. The van der Waals surface area contributed by atoms with E-state index in [1.165, 1.54) is 11.4 Å². The monoisotopic (exact) mass is 284 g/mol. The summed E-state index contributed by atoms with van der Waals surface area (Å²) < 4.78 is 26.4. The van der Waals surface area contributed by atoms with Crippen molar-refractivity contribution in [1.29, 1.82) is 5.26 Å². The van der Waals surface area contributed by atoms with Crippen LogP contribution >= 0.6 is 0 Å². The van der Waals surface area contributed by atoms with Crippen molar-refractivity contribution in [3.8, 4) is 17.2 Å². The molecule has 2 aromatic rings. The average molecular weight is 284 g/mol. The van der Waals surface area contributed by atoms with E-state index in [0.29, 0.717) is 27.3 Å². The highest BCUT2D eigenvalue weighted by molar-refractivity contribution is 7.93. The van der Waals surface area contributed by atoms with Crippen LogP contribution in [0.5, 0.6) is 0 Å². The maximum atomic E-state index is 12.6. The molecule has 2 aromatic carbocycles. The Morgan fingerprint density at radius 2 is 1.80 bits per heavy atom. The summed E-state index contributed by atoms with van der Waals surface area (Å²) in [6.07, 6.45) is 0. The first kappa shape index (κ1) is 12.7. The van der Waals surface area contributed by atoms with E-state index >= 15 is 0 Å². The van der Waals surface area contributed by atoms with E-state index in [2.05, 4.69) is 6.07 Å². The quantitative estimate of drug-likeness (QED) is 0.747. The minimum Gasteiger partial charge on any atom is -0.268 e. The summed E-state index contributed by atoms with van der Waals surface area (Å²) in [7, 11) is -2.03. The molecule has 0 saturated carbocycles. The topological polar surface area (TPSA) is 61.2 Å². The summed E-state index contributed by atoms with van der Waals surface area (Å²) in [6.45, 7) is 1.78. The van der Waals surface area contributed by atoms with Gasteiger partial charge in [-0.05, 0) is 24.6 Å². The molecule has 0 N–H and O–H groups in total. The van der Waals surface area contributed by atoms with Gasteiger partial charge in [-0.25, -0.2) is 8.42 Å². The molecule has 4 nitrogen and oxygen atoms in total. The van der Waals surface area contributed by atoms with Gasteiger partial charge >= 0.3 is 0 Å². The van der Waals surface area contributed by atoms with Gasteiger partial charge in [0.2, 0.25) is 0 Å².